The number of nitrogens with zero attached hydrogens (tertiary/aromatic N) is 3. The molecule has 98 valence electrons. The second kappa shape index (κ2) is 7.64. The minimum absolute atomic E-state index is 0.543. The highest BCUT2D eigenvalue weighted by Crippen LogP contribution is 2.09. The normalized spacial score (nSPS) is 10.7. The van der Waals surface area contributed by atoms with Gasteiger partial charge in [-0.15, -0.1) is 0 Å². The van der Waals surface area contributed by atoms with Gasteiger partial charge in [0.05, 0.1) is 11.8 Å². The van der Waals surface area contributed by atoms with E-state index in [1.807, 2.05) is 18.2 Å². The lowest BCUT2D eigenvalue weighted by molar-refractivity contribution is 0.239. The Morgan fingerprint density at radius 3 is 2.89 bits per heavy atom. The molecule has 0 radical (unpaired) electrons. The molecule has 5 nitrogen and oxygen atoms in total. The van der Waals surface area contributed by atoms with E-state index in [-0.39, 0.29) is 0 Å². The van der Waals surface area contributed by atoms with Gasteiger partial charge < -0.3 is 5.43 Å². The Morgan fingerprint density at radius 2 is 2.28 bits per heavy atom. The van der Waals surface area contributed by atoms with Gasteiger partial charge in [-0.1, -0.05) is 19.9 Å². The van der Waals surface area contributed by atoms with Gasteiger partial charge >= 0.3 is 0 Å². The fourth-order valence-corrected chi connectivity index (χ4v) is 1.84. The number of nitriles is 1. The third-order valence-electron chi connectivity index (χ3n) is 2.50. The Bertz CT molecular complexity index is 397. The summed E-state index contributed by atoms with van der Waals surface area (Å²) in [5, 5.41) is 8.68. The summed E-state index contributed by atoms with van der Waals surface area (Å²) in [5.41, 5.74) is 3.50. The van der Waals surface area contributed by atoms with E-state index in [1.54, 1.807) is 0 Å². The summed E-state index contributed by atoms with van der Waals surface area (Å²) < 4.78 is 0. The van der Waals surface area contributed by atoms with Gasteiger partial charge in [0.2, 0.25) is 0 Å². The van der Waals surface area contributed by atoms with Crippen molar-refractivity contribution in [1.82, 2.24) is 9.88 Å². The second-order valence-corrected chi connectivity index (χ2v) is 4.70. The standard InChI is InChI=1S/C13H21N5/c1-11(2)9-18(8-4-7-14)10-12-5-3-6-13(16-12)17-15/h3,5-6,11H,4,8-10,15H2,1-2H3,(H,16,17). The number of aromatic nitrogens is 1. The van der Waals surface area contributed by atoms with Crippen molar-refractivity contribution in [2.24, 2.45) is 11.8 Å². The molecule has 0 aromatic carbocycles. The molecular weight excluding hydrogens is 226 g/mol. The number of pyridine rings is 1. The Balaban J connectivity index is 2.65. The maximum Gasteiger partial charge on any atom is 0.140 e. The van der Waals surface area contributed by atoms with Crippen LogP contribution in [-0.4, -0.2) is 23.0 Å². The van der Waals surface area contributed by atoms with E-state index in [0.29, 0.717) is 18.2 Å². The van der Waals surface area contributed by atoms with Crippen molar-refractivity contribution in [2.45, 2.75) is 26.8 Å². The SMILES string of the molecule is CC(C)CN(CCC#N)Cc1cccc(NN)n1. The van der Waals surface area contributed by atoms with Crippen LogP contribution in [-0.2, 0) is 6.54 Å². The molecule has 0 unspecified atom stereocenters. The third-order valence-corrected chi connectivity index (χ3v) is 2.50. The second-order valence-electron chi connectivity index (χ2n) is 4.70. The van der Waals surface area contributed by atoms with Gasteiger partial charge in [-0.2, -0.15) is 5.26 Å². The molecule has 18 heavy (non-hydrogen) atoms. The van der Waals surface area contributed by atoms with E-state index in [0.717, 1.165) is 25.3 Å². The summed E-state index contributed by atoms with van der Waals surface area (Å²) in [4.78, 5) is 6.63. The first-order valence-corrected chi connectivity index (χ1v) is 6.17. The number of hydrogen-bond acceptors (Lipinski definition) is 5. The van der Waals surface area contributed by atoms with Crippen LogP contribution in [0.3, 0.4) is 0 Å². The summed E-state index contributed by atoms with van der Waals surface area (Å²) in [6.07, 6.45) is 0.543. The van der Waals surface area contributed by atoms with Crippen LogP contribution in [0.15, 0.2) is 18.2 Å². The smallest absolute Gasteiger partial charge is 0.140 e. The first kappa shape index (κ1) is 14.4. The maximum atomic E-state index is 8.68. The van der Waals surface area contributed by atoms with Gasteiger partial charge in [0, 0.05) is 26.1 Å². The zero-order valence-electron chi connectivity index (χ0n) is 11.1. The van der Waals surface area contributed by atoms with E-state index >= 15 is 0 Å². The summed E-state index contributed by atoms with van der Waals surface area (Å²) in [7, 11) is 0. The van der Waals surface area contributed by atoms with Crippen LogP contribution in [0, 0.1) is 17.2 Å². The summed E-state index contributed by atoms with van der Waals surface area (Å²) in [6.45, 7) is 6.82. The first-order chi connectivity index (χ1) is 8.65. The molecule has 0 bridgehead atoms. The molecule has 0 aliphatic carbocycles. The highest BCUT2D eigenvalue weighted by atomic mass is 15.3. The number of nitrogens with one attached hydrogen (secondary N) is 1. The molecule has 5 heteroatoms. The average Bonchev–Trinajstić information content (AvgIpc) is 2.35. The van der Waals surface area contributed by atoms with E-state index in [2.05, 4.69) is 35.2 Å². The fraction of sp³-hybridized carbons (Fsp3) is 0.538. The number of hydrazine groups is 1. The molecule has 0 spiro atoms. The molecular formula is C13H21N5. The van der Waals surface area contributed by atoms with Gasteiger partial charge in [0.15, 0.2) is 0 Å². The van der Waals surface area contributed by atoms with E-state index in [1.165, 1.54) is 0 Å². The van der Waals surface area contributed by atoms with Crippen molar-refractivity contribution in [1.29, 1.82) is 5.26 Å². The minimum atomic E-state index is 0.543. The topological polar surface area (TPSA) is 78.0 Å². The third kappa shape index (κ3) is 5.13. The van der Waals surface area contributed by atoms with Crippen molar-refractivity contribution in [3.63, 3.8) is 0 Å². The number of nitrogens with two attached hydrogens (primary N) is 1. The summed E-state index contributed by atoms with van der Waals surface area (Å²) in [5.74, 6) is 6.57. The molecule has 0 aliphatic heterocycles. The zero-order chi connectivity index (χ0) is 13.4. The maximum absolute atomic E-state index is 8.68. The van der Waals surface area contributed by atoms with Crippen LogP contribution in [0.5, 0.6) is 0 Å². The van der Waals surface area contributed by atoms with E-state index in [9.17, 15) is 0 Å². The average molecular weight is 247 g/mol. The van der Waals surface area contributed by atoms with Crippen LogP contribution < -0.4 is 11.3 Å². The van der Waals surface area contributed by atoms with Crippen molar-refractivity contribution < 1.29 is 0 Å². The Hall–Kier alpha value is -1.64. The predicted octanol–water partition coefficient (Wildman–Crippen LogP) is 1.74. The Morgan fingerprint density at radius 1 is 1.50 bits per heavy atom. The predicted molar refractivity (Wildman–Crippen MR) is 72.4 cm³/mol. The molecule has 0 atom stereocenters. The van der Waals surface area contributed by atoms with Crippen LogP contribution in [0.25, 0.3) is 0 Å². The van der Waals surface area contributed by atoms with Crippen LogP contribution >= 0.6 is 0 Å². The molecule has 0 aliphatic rings. The van der Waals surface area contributed by atoms with Crippen LogP contribution in [0.2, 0.25) is 0 Å². The fourth-order valence-electron chi connectivity index (χ4n) is 1.84. The minimum Gasteiger partial charge on any atom is -0.308 e. The molecule has 1 rings (SSSR count). The lowest BCUT2D eigenvalue weighted by Gasteiger charge is -2.22. The lowest BCUT2D eigenvalue weighted by Crippen LogP contribution is -2.28. The van der Waals surface area contributed by atoms with Crippen molar-refractivity contribution in [3.8, 4) is 6.07 Å². The van der Waals surface area contributed by atoms with Crippen LogP contribution in [0.4, 0.5) is 5.82 Å². The Kier molecular flexibility index (Phi) is 6.12. The highest BCUT2D eigenvalue weighted by Gasteiger charge is 2.09. The molecule has 1 heterocycles. The van der Waals surface area contributed by atoms with Gasteiger partial charge in [0.1, 0.15) is 5.82 Å². The summed E-state index contributed by atoms with van der Waals surface area (Å²) in [6, 6.07) is 7.91. The highest BCUT2D eigenvalue weighted by molar-refractivity contribution is 5.33. The first-order valence-electron chi connectivity index (χ1n) is 6.17. The van der Waals surface area contributed by atoms with Gasteiger partial charge in [-0.3, -0.25) is 4.90 Å². The monoisotopic (exact) mass is 247 g/mol. The number of nitrogen functional groups attached to an aromatic ring is 1. The molecule has 0 saturated heterocycles. The van der Waals surface area contributed by atoms with E-state index in [4.69, 9.17) is 11.1 Å². The van der Waals surface area contributed by atoms with Crippen molar-refractivity contribution in [3.05, 3.63) is 23.9 Å². The molecule has 3 N–H and O–H groups in total. The molecule has 1 aromatic rings. The quantitative estimate of drug-likeness (QED) is 0.567. The zero-order valence-corrected chi connectivity index (χ0v) is 11.1. The van der Waals surface area contributed by atoms with Gasteiger partial charge in [-0.05, 0) is 18.1 Å². The molecule has 0 amide bonds. The lowest BCUT2D eigenvalue weighted by atomic mass is 10.2. The largest absolute Gasteiger partial charge is 0.308 e. The number of rotatable bonds is 7. The van der Waals surface area contributed by atoms with Crippen LogP contribution in [0.1, 0.15) is 26.0 Å². The molecule has 0 fully saturated rings. The Labute approximate surface area is 109 Å². The van der Waals surface area contributed by atoms with Gasteiger partial charge in [-0.25, -0.2) is 10.8 Å². The van der Waals surface area contributed by atoms with Gasteiger partial charge in [0.25, 0.3) is 0 Å². The number of hydrogen-bond donors (Lipinski definition) is 2. The van der Waals surface area contributed by atoms with Crippen molar-refractivity contribution in [2.75, 3.05) is 18.5 Å². The van der Waals surface area contributed by atoms with Crippen molar-refractivity contribution >= 4 is 5.82 Å². The summed E-state index contributed by atoms with van der Waals surface area (Å²) >= 11 is 0. The molecule has 0 saturated carbocycles. The van der Waals surface area contributed by atoms with E-state index < -0.39 is 0 Å². The number of anilines is 1. The molecule has 1 aromatic heterocycles.